The number of phenolic OH excluding ortho intramolecular Hbond substituents is 1. The summed E-state index contributed by atoms with van der Waals surface area (Å²) in [6.45, 7) is 3.74. The Hall–Kier alpha value is -2.32. The van der Waals surface area contributed by atoms with Gasteiger partial charge in [0.2, 0.25) is 0 Å². The van der Waals surface area contributed by atoms with E-state index in [4.69, 9.17) is 10.8 Å². The summed E-state index contributed by atoms with van der Waals surface area (Å²) in [5, 5.41) is 35.4. The van der Waals surface area contributed by atoms with E-state index in [2.05, 4.69) is 15.3 Å². The molecule has 1 aromatic carbocycles. The second-order valence-electron chi connectivity index (χ2n) is 7.02. The molecule has 1 saturated heterocycles. The smallest absolute Gasteiger partial charge is 0.162 e. The minimum Gasteiger partial charge on any atom is -0.507 e. The van der Waals surface area contributed by atoms with Gasteiger partial charge < -0.3 is 15.3 Å². The van der Waals surface area contributed by atoms with Crippen molar-refractivity contribution in [1.82, 2.24) is 20.0 Å². The highest BCUT2D eigenvalue weighted by atomic mass is 32.2. The number of phenols is 1. The van der Waals surface area contributed by atoms with Gasteiger partial charge in [-0.05, 0) is 68.2 Å². The van der Waals surface area contributed by atoms with Crippen molar-refractivity contribution in [3.63, 3.8) is 0 Å². The molecule has 8 heteroatoms. The monoisotopic (exact) mass is 400 g/mol. The zero-order chi connectivity index (χ0) is 19.9. The number of aromatic hydroxyl groups is 1. The van der Waals surface area contributed by atoms with Crippen LogP contribution in [0.25, 0.3) is 11.1 Å². The van der Waals surface area contributed by atoms with E-state index < -0.39 is 0 Å². The lowest BCUT2D eigenvalue weighted by atomic mass is 10.1. The quantitative estimate of drug-likeness (QED) is 0.458. The summed E-state index contributed by atoms with van der Waals surface area (Å²) in [7, 11) is 1.85. The number of hydrogen-bond acceptors (Lipinski definition) is 6. The van der Waals surface area contributed by atoms with Crippen LogP contribution in [-0.2, 0) is 7.05 Å². The van der Waals surface area contributed by atoms with Crippen LogP contribution in [0, 0.1) is 10.8 Å². The first-order valence-corrected chi connectivity index (χ1v) is 10.5. The Labute approximate surface area is 170 Å². The molecule has 0 saturated carbocycles. The fraction of sp³-hybridized carbons (Fsp3) is 0.450. The number of nitrogens with zero attached hydrogens (tertiary/aromatic N) is 3. The molecule has 0 radical (unpaired) electrons. The summed E-state index contributed by atoms with van der Waals surface area (Å²) < 4.78 is 1.71. The number of amidine groups is 1. The van der Waals surface area contributed by atoms with Crippen molar-refractivity contribution < 1.29 is 5.11 Å². The van der Waals surface area contributed by atoms with Crippen molar-refractivity contribution in [1.29, 1.82) is 10.8 Å². The predicted octanol–water partition coefficient (Wildman–Crippen LogP) is 3.25. The second-order valence-corrected chi connectivity index (χ2v) is 8.02. The highest BCUT2D eigenvalue weighted by Crippen LogP contribution is 2.29. The molecule has 7 nitrogen and oxygen atoms in total. The van der Waals surface area contributed by atoms with Gasteiger partial charge in [0.05, 0.1) is 6.20 Å². The van der Waals surface area contributed by atoms with Crippen LogP contribution in [0.1, 0.15) is 31.2 Å². The van der Waals surface area contributed by atoms with Gasteiger partial charge in [0.15, 0.2) is 5.17 Å². The highest BCUT2D eigenvalue weighted by Gasteiger charge is 2.17. The van der Waals surface area contributed by atoms with E-state index in [-0.39, 0.29) is 10.8 Å². The van der Waals surface area contributed by atoms with Crippen LogP contribution in [0.4, 0.5) is 0 Å². The molecule has 0 amide bonds. The van der Waals surface area contributed by atoms with E-state index in [1.807, 2.05) is 19.3 Å². The van der Waals surface area contributed by atoms with Crippen molar-refractivity contribution in [2.24, 2.45) is 7.05 Å². The van der Waals surface area contributed by atoms with Crippen molar-refractivity contribution >= 4 is 22.0 Å². The topological polar surface area (TPSA) is 101 Å². The molecular formula is C20H28N6OS. The molecule has 4 N–H and O–H groups in total. The van der Waals surface area contributed by atoms with E-state index in [1.165, 1.54) is 0 Å². The van der Waals surface area contributed by atoms with Crippen molar-refractivity contribution in [3.05, 3.63) is 36.2 Å². The zero-order valence-electron chi connectivity index (χ0n) is 16.2. The van der Waals surface area contributed by atoms with Gasteiger partial charge in [-0.25, -0.2) is 0 Å². The molecule has 1 aliphatic rings. The molecule has 0 aliphatic carbocycles. The Kier molecular flexibility index (Phi) is 7.11. The minimum absolute atomic E-state index is 0.0543. The van der Waals surface area contributed by atoms with E-state index in [0.717, 1.165) is 74.8 Å². The van der Waals surface area contributed by atoms with Crippen LogP contribution in [0.3, 0.4) is 0 Å². The second kappa shape index (κ2) is 9.75. The van der Waals surface area contributed by atoms with Gasteiger partial charge in [-0.15, -0.1) is 0 Å². The number of rotatable bonds is 2. The summed E-state index contributed by atoms with van der Waals surface area (Å²) in [6, 6.07) is 5.28. The molecule has 150 valence electrons. The molecule has 0 spiro atoms. The number of hydrogen-bond donors (Lipinski definition) is 4. The van der Waals surface area contributed by atoms with Gasteiger partial charge in [0, 0.05) is 37.5 Å². The number of aryl methyl sites for hydroxylation is 1. The number of nitrogens with one attached hydrogen (secondary N) is 3. The first kappa shape index (κ1) is 20.4. The highest BCUT2D eigenvalue weighted by molar-refractivity contribution is 8.26. The summed E-state index contributed by atoms with van der Waals surface area (Å²) in [5.41, 5.74) is 2.22. The summed E-state index contributed by atoms with van der Waals surface area (Å²) in [5.74, 6) is 0.0543. The molecule has 0 unspecified atom stereocenters. The van der Waals surface area contributed by atoms with Crippen LogP contribution >= 0.6 is 11.8 Å². The van der Waals surface area contributed by atoms with Gasteiger partial charge in [-0.1, -0.05) is 6.07 Å². The maximum Gasteiger partial charge on any atom is 0.162 e. The van der Waals surface area contributed by atoms with E-state index in [9.17, 15) is 5.11 Å². The molecule has 2 aromatic rings. The van der Waals surface area contributed by atoms with Gasteiger partial charge >= 0.3 is 0 Å². The van der Waals surface area contributed by atoms with Crippen molar-refractivity contribution in [2.45, 2.75) is 25.7 Å². The summed E-state index contributed by atoms with van der Waals surface area (Å²) >= 11 is 1.11. The lowest BCUT2D eigenvalue weighted by Crippen LogP contribution is -2.33. The van der Waals surface area contributed by atoms with E-state index in [1.54, 1.807) is 23.0 Å². The van der Waals surface area contributed by atoms with Gasteiger partial charge in [0.1, 0.15) is 10.8 Å². The van der Waals surface area contributed by atoms with Crippen LogP contribution in [-0.4, -0.2) is 56.2 Å². The Balaban J connectivity index is 1.65. The first-order valence-electron chi connectivity index (χ1n) is 9.67. The lowest BCUT2D eigenvalue weighted by Gasteiger charge is -2.26. The Morgan fingerprint density at radius 3 is 2.43 bits per heavy atom. The van der Waals surface area contributed by atoms with Gasteiger partial charge in [-0.2, -0.15) is 5.10 Å². The van der Waals surface area contributed by atoms with Crippen LogP contribution in [0.15, 0.2) is 30.6 Å². The predicted molar refractivity (Wildman–Crippen MR) is 115 cm³/mol. The fourth-order valence-electron chi connectivity index (χ4n) is 3.23. The largest absolute Gasteiger partial charge is 0.507 e. The fourth-order valence-corrected chi connectivity index (χ4v) is 4.02. The number of benzene rings is 1. The molecule has 1 fully saturated rings. The average Bonchev–Trinajstić information content (AvgIpc) is 3.12. The molecule has 3 rings (SSSR count). The molecule has 1 aromatic heterocycles. The third kappa shape index (κ3) is 5.36. The molecule has 0 bridgehead atoms. The lowest BCUT2D eigenvalue weighted by molar-refractivity contribution is 0.381. The number of thioether (sulfide) groups is 1. The SMILES string of the molecule is Cn1cc(-c2ccc(C(=N)SC(=N)N3CCCCNCCCC3)c(O)c2)cn1. The Morgan fingerprint density at radius 2 is 1.82 bits per heavy atom. The molecule has 0 atom stereocenters. The van der Waals surface area contributed by atoms with Crippen molar-refractivity contribution in [3.8, 4) is 16.9 Å². The molecule has 28 heavy (non-hydrogen) atoms. The molecule has 2 heterocycles. The van der Waals surface area contributed by atoms with E-state index >= 15 is 0 Å². The van der Waals surface area contributed by atoms with Crippen LogP contribution in [0.5, 0.6) is 5.75 Å². The Bertz CT molecular complexity index is 824. The van der Waals surface area contributed by atoms with Gasteiger partial charge in [0.25, 0.3) is 0 Å². The van der Waals surface area contributed by atoms with Crippen molar-refractivity contribution in [2.75, 3.05) is 26.2 Å². The van der Waals surface area contributed by atoms with Gasteiger partial charge in [-0.3, -0.25) is 15.5 Å². The standard InChI is InChI=1S/C20H28N6OS/c1-25-14-16(13-24-25)15-6-7-17(18(27)12-15)19(21)28-20(22)26-10-4-2-8-23-9-3-5-11-26/h6-7,12-14,21-23,27H,2-5,8-11H2,1H3. The van der Waals surface area contributed by atoms with E-state index in [0.29, 0.717) is 10.7 Å². The Morgan fingerprint density at radius 1 is 1.11 bits per heavy atom. The number of aromatic nitrogens is 2. The third-order valence-corrected chi connectivity index (χ3v) is 5.71. The maximum atomic E-state index is 10.4. The summed E-state index contributed by atoms with van der Waals surface area (Å²) in [4.78, 5) is 2.06. The summed E-state index contributed by atoms with van der Waals surface area (Å²) in [6.07, 6.45) is 7.90. The van der Waals surface area contributed by atoms with Crippen LogP contribution < -0.4 is 5.32 Å². The normalized spacial score (nSPS) is 16.0. The first-order chi connectivity index (χ1) is 13.5. The average molecular weight is 401 g/mol. The zero-order valence-corrected chi connectivity index (χ0v) is 17.1. The maximum absolute atomic E-state index is 10.4. The molecular weight excluding hydrogens is 372 g/mol. The van der Waals surface area contributed by atoms with Crippen LogP contribution in [0.2, 0.25) is 0 Å². The minimum atomic E-state index is 0.0543. The molecule has 1 aliphatic heterocycles. The third-order valence-electron chi connectivity index (χ3n) is 4.83.